The van der Waals surface area contributed by atoms with E-state index in [2.05, 4.69) is 33.9 Å². The van der Waals surface area contributed by atoms with Gasteiger partial charge < -0.3 is 28.1 Å². The van der Waals surface area contributed by atoms with Crippen LogP contribution >= 0.6 is 0 Å². The van der Waals surface area contributed by atoms with Gasteiger partial charge in [0.15, 0.2) is 20.5 Å². The van der Waals surface area contributed by atoms with Gasteiger partial charge in [-0.2, -0.15) is 0 Å². The molecule has 0 N–H and O–H groups in total. The van der Waals surface area contributed by atoms with Crippen LogP contribution in [-0.4, -0.2) is 63.5 Å². The average molecular weight is 489 g/mol. The van der Waals surface area contributed by atoms with Crippen LogP contribution in [0, 0.1) is 0 Å². The lowest BCUT2D eigenvalue weighted by Gasteiger charge is -2.45. The highest BCUT2D eigenvalue weighted by molar-refractivity contribution is 6.74. The summed E-state index contributed by atoms with van der Waals surface area (Å²) in [6, 6.07) is 0. The lowest BCUT2D eigenvalue weighted by molar-refractivity contribution is -0.295. The molecule has 1 aliphatic rings. The van der Waals surface area contributed by atoms with Crippen molar-refractivity contribution < 1.29 is 42.5 Å². The van der Waals surface area contributed by atoms with Gasteiger partial charge in [0, 0.05) is 20.8 Å². The summed E-state index contributed by atoms with van der Waals surface area (Å²) >= 11 is 0. The van der Waals surface area contributed by atoms with Gasteiger partial charge >= 0.3 is 17.9 Å². The van der Waals surface area contributed by atoms with Gasteiger partial charge in [0.2, 0.25) is 12.4 Å². The number of esters is 3. The van der Waals surface area contributed by atoms with Gasteiger partial charge in [-0.05, 0) is 30.6 Å². The van der Waals surface area contributed by atoms with E-state index in [0.29, 0.717) is 0 Å². The maximum Gasteiger partial charge on any atom is 0.303 e. The Labute approximate surface area is 198 Å². The summed E-state index contributed by atoms with van der Waals surface area (Å²) in [5, 5.41) is -0.0625. The van der Waals surface area contributed by atoms with Gasteiger partial charge in [0.05, 0.1) is 12.9 Å². The van der Waals surface area contributed by atoms with Crippen molar-refractivity contribution in [2.45, 2.75) is 110 Å². The molecule has 0 bridgehead atoms. The van der Waals surface area contributed by atoms with E-state index in [1.54, 1.807) is 0 Å². The minimum Gasteiger partial charge on any atom is -0.469 e. The lowest BCUT2D eigenvalue weighted by Crippen LogP contribution is -2.63. The van der Waals surface area contributed by atoms with E-state index in [9.17, 15) is 14.4 Å². The van der Waals surface area contributed by atoms with Crippen molar-refractivity contribution in [1.82, 2.24) is 0 Å². The van der Waals surface area contributed by atoms with Gasteiger partial charge in [0.25, 0.3) is 0 Å². The first kappa shape index (κ1) is 29.1. The zero-order valence-electron chi connectivity index (χ0n) is 21.3. The number of allylic oxidation sites excluding steroid dienone is 1. The molecule has 0 aromatic carbocycles. The van der Waals surface area contributed by atoms with E-state index < -0.39 is 56.9 Å². The van der Waals surface area contributed by atoms with Crippen LogP contribution in [0.5, 0.6) is 0 Å². The minimum atomic E-state index is -2.18. The highest BCUT2D eigenvalue weighted by Crippen LogP contribution is 2.38. The molecule has 5 atom stereocenters. The summed E-state index contributed by atoms with van der Waals surface area (Å²) in [7, 11) is -2.18. The fourth-order valence-electron chi connectivity index (χ4n) is 2.97. The smallest absolute Gasteiger partial charge is 0.303 e. The third kappa shape index (κ3) is 9.09. The van der Waals surface area contributed by atoms with E-state index in [4.69, 9.17) is 28.1 Å². The molecule has 190 valence electrons. The molecule has 1 fully saturated rings. The second-order valence-electron chi connectivity index (χ2n) is 9.63. The summed E-state index contributed by atoms with van der Waals surface area (Å²) < 4.78 is 34.5. The summed E-state index contributed by atoms with van der Waals surface area (Å²) in [6.45, 7) is 16.3. The highest BCUT2D eigenvalue weighted by Gasteiger charge is 2.53. The normalized spacial score (nSPS) is 26.0. The molecule has 0 aromatic heterocycles. The molecule has 0 amide bonds. The van der Waals surface area contributed by atoms with Crippen molar-refractivity contribution in [1.29, 1.82) is 0 Å². The number of hydrogen-bond donors (Lipinski definition) is 0. The summed E-state index contributed by atoms with van der Waals surface area (Å²) in [5.74, 6) is -1.84. The van der Waals surface area contributed by atoms with E-state index in [1.807, 2.05) is 13.0 Å². The SMILES string of the molecule is CCCC=CO[C@@H]1O[C@H](CO[Si](C)(C)C(C)(C)C)[C@@H](OC(C)=O)[C@H](OC(C)=O)[C@H]1OC(C)=O. The Morgan fingerprint density at radius 2 is 1.42 bits per heavy atom. The number of unbranched alkanes of at least 4 members (excludes halogenated alkanes) is 1. The van der Waals surface area contributed by atoms with Crippen LogP contribution in [0.4, 0.5) is 0 Å². The Morgan fingerprint density at radius 1 is 0.909 bits per heavy atom. The van der Waals surface area contributed by atoms with Crippen LogP contribution < -0.4 is 0 Å². The number of hydrogen-bond acceptors (Lipinski definition) is 9. The number of rotatable bonds is 10. The molecule has 1 rings (SSSR count). The molecule has 0 radical (unpaired) electrons. The highest BCUT2D eigenvalue weighted by atomic mass is 28.4. The van der Waals surface area contributed by atoms with Gasteiger partial charge in [0.1, 0.15) is 6.10 Å². The van der Waals surface area contributed by atoms with Gasteiger partial charge in [-0.15, -0.1) is 0 Å². The van der Waals surface area contributed by atoms with Crippen molar-refractivity contribution in [2.24, 2.45) is 0 Å². The third-order valence-electron chi connectivity index (χ3n) is 5.68. The summed E-state index contributed by atoms with van der Waals surface area (Å²) in [4.78, 5) is 35.6. The standard InChI is InChI=1S/C23H40O9Si/c1-10-11-12-13-27-22-21(31-17(4)26)20(30-16(3)25)19(29-15(2)24)18(32-22)14-28-33(8,9)23(5,6)7/h12-13,18-22H,10-11,14H2,1-9H3/t18-,19-,20+,21-,22-/m1/s1. The van der Waals surface area contributed by atoms with Crippen molar-refractivity contribution in [3.63, 3.8) is 0 Å². The fourth-order valence-corrected chi connectivity index (χ4v) is 3.99. The quantitative estimate of drug-likeness (QED) is 0.196. The van der Waals surface area contributed by atoms with E-state index in [0.717, 1.165) is 12.8 Å². The zero-order valence-corrected chi connectivity index (χ0v) is 22.3. The first-order chi connectivity index (χ1) is 15.2. The van der Waals surface area contributed by atoms with Crippen LogP contribution in [0.2, 0.25) is 18.1 Å². The van der Waals surface area contributed by atoms with Crippen LogP contribution in [0.25, 0.3) is 0 Å². The number of carbonyl (C=O) groups excluding carboxylic acids is 3. The molecule has 1 heterocycles. The molecular formula is C23H40O9Si. The van der Waals surface area contributed by atoms with Crippen LogP contribution in [0.1, 0.15) is 61.3 Å². The molecule has 0 aromatic rings. The molecule has 10 heteroatoms. The van der Waals surface area contributed by atoms with E-state index in [-0.39, 0.29) is 11.6 Å². The maximum absolute atomic E-state index is 11.9. The van der Waals surface area contributed by atoms with Crippen molar-refractivity contribution >= 4 is 26.2 Å². The monoisotopic (exact) mass is 488 g/mol. The first-order valence-electron chi connectivity index (χ1n) is 11.3. The molecule has 9 nitrogen and oxygen atoms in total. The number of carbonyl (C=O) groups is 3. The molecule has 0 saturated carbocycles. The molecule has 0 spiro atoms. The second-order valence-corrected chi connectivity index (χ2v) is 14.4. The Hall–Kier alpha value is -1.91. The molecule has 1 saturated heterocycles. The predicted octanol–water partition coefficient (Wildman–Crippen LogP) is 3.86. The van der Waals surface area contributed by atoms with Gasteiger partial charge in [-0.25, -0.2) is 0 Å². The van der Waals surface area contributed by atoms with Crippen molar-refractivity contribution in [3.8, 4) is 0 Å². The van der Waals surface area contributed by atoms with E-state index >= 15 is 0 Å². The maximum atomic E-state index is 11.9. The average Bonchev–Trinajstić information content (AvgIpc) is 2.66. The van der Waals surface area contributed by atoms with Gasteiger partial charge in [-0.3, -0.25) is 14.4 Å². The summed E-state index contributed by atoms with van der Waals surface area (Å²) in [6.07, 6.45) is -0.261. The predicted molar refractivity (Wildman–Crippen MR) is 124 cm³/mol. The molecule has 0 unspecified atom stereocenters. The first-order valence-corrected chi connectivity index (χ1v) is 14.2. The van der Waals surface area contributed by atoms with Crippen LogP contribution in [0.15, 0.2) is 12.3 Å². The van der Waals surface area contributed by atoms with Crippen molar-refractivity contribution in [2.75, 3.05) is 6.61 Å². The van der Waals surface area contributed by atoms with Gasteiger partial charge in [-0.1, -0.05) is 34.1 Å². The Morgan fingerprint density at radius 3 is 1.91 bits per heavy atom. The zero-order chi connectivity index (χ0) is 25.4. The third-order valence-corrected chi connectivity index (χ3v) is 10.2. The Kier molecular flexibility index (Phi) is 11.0. The van der Waals surface area contributed by atoms with Crippen LogP contribution in [0.3, 0.4) is 0 Å². The molecule has 1 aliphatic heterocycles. The summed E-state index contributed by atoms with van der Waals surface area (Å²) in [5.41, 5.74) is 0. The second kappa shape index (κ2) is 12.5. The topological polar surface area (TPSA) is 107 Å². The Bertz CT molecular complexity index is 699. The number of ether oxygens (including phenoxy) is 5. The minimum absolute atomic E-state index is 0.0625. The van der Waals surface area contributed by atoms with E-state index in [1.165, 1.54) is 27.0 Å². The largest absolute Gasteiger partial charge is 0.469 e. The molecule has 0 aliphatic carbocycles. The van der Waals surface area contributed by atoms with Crippen molar-refractivity contribution in [3.05, 3.63) is 12.3 Å². The van der Waals surface area contributed by atoms with Crippen LogP contribution in [-0.2, 0) is 42.5 Å². The lowest BCUT2D eigenvalue weighted by atomic mass is 9.98. The fraction of sp³-hybridized carbons (Fsp3) is 0.783. The Balaban J connectivity index is 3.33. The molecular weight excluding hydrogens is 448 g/mol. The molecule has 33 heavy (non-hydrogen) atoms.